The number of nitrogens with zero attached hydrogens (tertiary/aromatic N) is 3. The minimum atomic E-state index is 0.221. The summed E-state index contributed by atoms with van der Waals surface area (Å²) in [5, 5.41) is 0.221. The molecule has 0 aliphatic heterocycles. The number of hydrogen-bond donors (Lipinski definition) is 0. The zero-order chi connectivity index (χ0) is 9.97. The van der Waals surface area contributed by atoms with E-state index in [1.165, 1.54) is 0 Å². The maximum atomic E-state index is 5.73. The second-order valence-corrected chi connectivity index (χ2v) is 3.74. The van der Waals surface area contributed by atoms with Crippen LogP contribution in [0.5, 0.6) is 0 Å². The maximum Gasteiger partial charge on any atom is 0.223 e. The van der Waals surface area contributed by atoms with E-state index >= 15 is 0 Å². The zero-order valence-corrected chi connectivity index (χ0v) is 9.33. The van der Waals surface area contributed by atoms with Gasteiger partial charge in [-0.25, -0.2) is 9.97 Å². The molecule has 0 unspecified atom stereocenters. The largest absolute Gasteiger partial charge is 0.264 e. The van der Waals surface area contributed by atoms with Crippen LogP contribution in [-0.4, -0.2) is 15.0 Å². The fraction of sp³-hybridized carbons (Fsp3) is 0. The van der Waals surface area contributed by atoms with E-state index in [0.29, 0.717) is 4.60 Å². The standard InChI is InChI=1S/C9H5BrClN3/c10-8-4-7(13-9(11)14-8)6-2-1-3-12-5-6/h1-5H. The smallest absolute Gasteiger partial charge is 0.223 e. The lowest BCUT2D eigenvalue weighted by atomic mass is 10.2. The molecule has 0 saturated carbocycles. The van der Waals surface area contributed by atoms with Crippen molar-refractivity contribution in [1.82, 2.24) is 15.0 Å². The van der Waals surface area contributed by atoms with E-state index in [4.69, 9.17) is 11.6 Å². The van der Waals surface area contributed by atoms with Crippen molar-refractivity contribution in [2.45, 2.75) is 0 Å². The molecule has 5 heteroatoms. The Labute approximate surface area is 94.3 Å². The first kappa shape index (κ1) is 9.55. The number of aromatic nitrogens is 3. The van der Waals surface area contributed by atoms with Crippen molar-refractivity contribution in [3.63, 3.8) is 0 Å². The highest BCUT2D eigenvalue weighted by atomic mass is 79.9. The third kappa shape index (κ3) is 2.08. The molecule has 0 spiro atoms. The lowest BCUT2D eigenvalue weighted by Gasteiger charge is -2.00. The predicted molar refractivity (Wildman–Crippen MR) is 58.0 cm³/mol. The Bertz CT molecular complexity index is 427. The fourth-order valence-electron chi connectivity index (χ4n) is 1.05. The Morgan fingerprint density at radius 1 is 1.29 bits per heavy atom. The van der Waals surface area contributed by atoms with Gasteiger partial charge >= 0.3 is 0 Å². The summed E-state index contributed by atoms with van der Waals surface area (Å²) >= 11 is 8.98. The van der Waals surface area contributed by atoms with Gasteiger partial charge in [-0.3, -0.25) is 4.98 Å². The van der Waals surface area contributed by atoms with Gasteiger partial charge in [-0.2, -0.15) is 0 Å². The lowest BCUT2D eigenvalue weighted by Crippen LogP contribution is -1.88. The molecule has 0 aromatic carbocycles. The van der Waals surface area contributed by atoms with Crippen LogP contribution in [0.15, 0.2) is 35.2 Å². The van der Waals surface area contributed by atoms with Gasteiger partial charge in [-0.05, 0) is 45.7 Å². The summed E-state index contributed by atoms with van der Waals surface area (Å²) in [4.78, 5) is 12.0. The molecule has 2 aromatic heterocycles. The highest BCUT2D eigenvalue weighted by Crippen LogP contribution is 2.20. The summed E-state index contributed by atoms with van der Waals surface area (Å²) in [5.41, 5.74) is 1.67. The molecule has 2 aromatic rings. The van der Waals surface area contributed by atoms with Crippen molar-refractivity contribution in [2.75, 3.05) is 0 Å². The molecule has 2 rings (SSSR count). The molecule has 0 atom stereocenters. The molecule has 14 heavy (non-hydrogen) atoms. The minimum Gasteiger partial charge on any atom is -0.264 e. The van der Waals surface area contributed by atoms with Gasteiger partial charge in [-0.1, -0.05) is 0 Å². The molecule has 2 heterocycles. The topological polar surface area (TPSA) is 38.7 Å². The summed E-state index contributed by atoms with van der Waals surface area (Å²) < 4.78 is 0.663. The zero-order valence-electron chi connectivity index (χ0n) is 6.98. The number of halogens is 2. The highest BCUT2D eigenvalue weighted by molar-refractivity contribution is 9.10. The molecule has 0 saturated heterocycles. The van der Waals surface area contributed by atoms with Gasteiger partial charge in [0.2, 0.25) is 5.28 Å². The normalized spacial score (nSPS) is 10.1. The van der Waals surface area contributed by atoms with Gasteiger partial charge in [-0.15, -0.1) is 0 Å². The van der Waals surface area contributed by atoms with Gasteiger partial charge in [0.25, 0.3) is 0 Å². The Hall–Kier alpha value is -1.00. The van der Waals surface area contributed by atoms with Crippen LogP contribution in [-0.2, 0) is 0 Å². The molecule has 0 amide bonds. The Balaban J connectivity index is 2.52. The van der Waals surface area contributed by atoms with Crippen LogP contribution in [0.1, 0.15) is 0 Å². The van der Waals surface area contributed by atoms with Crippen molar-refractivity contribution in [2.24, 2.45) is 0 Å². The predicted octanol–water partition coefficient (Wildman–Crippen LogP) is 2.95. The van der Waals surface area contributed by atoms with Gasteiger partial charge < -0.3 is 0 Å². The second-order valence-electron chi connectivity index (χ2n) is 2.59. The average Bonchev–Trinajstić information content (AvgIpc) is 2.18. The van der Waals surface area contributed by atoms with Crippen molar-refractivity contribution in [1.29, 1.82) is 0 Å². The summed E-state index contributed by atoms with van der Waals surface area (Å²) in [5.74, 6) is 0. The van der Waals surface area contributed by atoms with E-state index < -0.39 is 0 Å². The lowest BCUT2D eigenvalue weighted by molar-refractivity contribution is 1.14. The van der Waals surface area contributed by atoms with Crippen LogP contribution in [0.4, 0.5) is 0 Å². The van der Waals surface area contributed by atoms with Gasteiger partial charge in [0, 0.05) is 18.0 Å². The maximum absolute atomic E-state index is 5.73. The van der Waals surface area contributed by atoms with Gasteiger partial charge in [0.15, 0.2) is 0 Å². The molecular weight excluding hydrogens is 265 g/mol. The summed E-state index contributed by atoms with van der Waals surface area (Å²) in [6, 6.07) is 5.56. The fourth-order valence-corrected chi connectivity index (χ4v) is 1.72. The average molecular weight is 271 g/mol. The van der Waals surface area contributed by atoms with E-state index in [2.05, 4.69) is 30.9 Å². The molecule has 0 radical (unpaired) electrons. The Morgan fingerprint density at radius 3 is 2.79 bits per heavy atom. The van der Waals surface area contributed by atoms with Crippen LogP contribution < -0.4 is 0 Å². The van der Waals surface area contributed by atoms with E-state index in [9.17, 15) is 0 Å². The summed E-state index contributed by atoms with van der Waals surface area (Å²) in [6.45, 7) is 0. The summed E-state index contributed by atoms with van der Waals surface area (Å²) in [6.07, 6.45) is 3.44. The van der Waals surface area contributed by atoms with Gasteiger partial charge in [0.05, 0.1) is 5.69 Å². The molecule has 0 bridgehead atoms. The molecule has 0 aliphatic carbocycles. The van der Waals surface area contributed by atoms with Crippen LogP contribution in [0.2, 0.25) is 5.28 Å². The van der Waals surface area contributed by atoms with Crippen LogP contribution >= 0.6 is 27.5 Å². The Morgan fingerprint density at radius 2 is 2.14 bits per heavy atom. The minimum absolute atomic E-state index is 0.221. The quantitative estimate of drug-likeness (QED) is 0.591. The second kappa shape index (κ2) is 4.02. The van der Waals surface area contributed by atoms with Crippen LogP contribution in [0.3, 0.4) is 0 Å². The first-order valence-electron chi connectivity index (χ1n) is 3.86. The summed E-state index contributed by atoms with van der Waals surface area (Å²) in [7, 11) is 0. The molecule has 0 N–H and O–H groups in total. The molecule has 0 aliphatic rings. The third-order valence-corrected chi connectivity index (χ3v) is 2.20. The van der Waals surface area contributed by atoms with E-state index in [1.807, 2.05) is 12.1 Å². The van der Waals surface area contributed by atoms with Crippen LogP contribution in [0, 0.1) is 0 Å². The van der Waals surface area contributed by atoms with Gasteiger partial charge in [0.1, 0.15) is 4.60 Å². The third-order valence-electron chi connectivity index (χ3n) is 1.62. The van der Waals surface area contributed by atoms with Crippen LogP contribution in [0.25, 0.3) is 11.3 Å². The molecular formula is C9H5BrClN3. The van der Waals surface area contributed by atoms with Crippen molar-refractivity contribution < 1.29 is 0 Å². The molecule has 70 valence electrons. The Kier molecular flexibility index (Phi) is 2.74. The number of rotatable bonds is 1. The van der Waals surface area contributed by atoms with E-state index in [-0.39, 0.29) is 5.28 Å². The highest BCUT2D eigenvalue weighted by Gasteiger charge is 2.02. The van der Waals surface area contributed by atoms with Crippen molar-refractivity contribution in [3.8, 4) is 11.3 Å². The SMILES string of the molecule is Clc1nc(Br)cc(-c2cccnc2)n1. The van der Waals surface area contributed by atoms with Crippen molar-refractivity contribution >= 4 is 27.5 Å². The number of hydrogen-bond acceptors (Lipinski definition) is 3. The van der Waals surface area contributed by atoms with Crippen molar-refractivity contribution in [3.05, 3.63) is 40.5 Å². The number of pyridine rings is 1. The van der Waals surface area contributed by atoms with E-state index in [0.717, 1.165) is 11.3 Å². The first-order chi connectivity index (χ1) is 6.75. The molecule has 3 nitrogen and oxygen atoms in total. The van der Waals surface area contributed by atoms with E-state index in [1.54, 1.807) is 18.5 Å². The first-order valence-corrected chi connectivity index (χ1v) is 5.03. The molecule has 0 fully saturated rings. The monoisotopic (exact) mass is 269 g/mol.